The number of nitrogens with zero attached hydrogens (tertiary/aromatic N) is 1. The van der Waals surface area contributed by atoms with Crippen LogP contribution in [-0.2, 0) is 0 Å². The maximum absolute atomic E-state index is 11.0. The lowest BCUT2D eigenvalue weighted by molar-refractivity contribution is 0.0697. The van der Waals surface area contributed by atoms with Crippen LogP contribution in [0.5, 0.6) is 0 Å². The van der Waals surface area contributed by atoms with Crippen molar-refractivity contribution >= 4 is 23.3 Å². The summed E-state index contributed by atoms with van der Waals surface area (Å²) >= 11 is 6.08. The third-order valence-electron chi connectivity index (χ3n) is 4.50. The van der Waals surface area contributed by atoms with Crippen LogP contribution in [0, 0.1) is 11.3 Å². The third-order valence-corrected chi connectivity index (χ3v) is 4.81. The van der Waals surface area contributed by atoms with Crippen molar-refractivity contribution in [3.05, 3.63) is 28.8 Å². The van der Waals surface area contributed by atoms with Crippen molar-refractivity contribution < 1.29 is 9.90 Å². The van der Waals surface area contributed by atoms with Crippen LogP contribution in [0.1, 0.15) is 50.4 Å². The van der Waals surface area contributed by atoms with Gasteiger partial charge in [0.15, 0.2) is 0 Å². The average molecular weight is 310 g/mol. The molecule has 0 aromatic heterocycles. The van der Waals surface area contributed by atoms with Gasteiger partial charge < -0.3 is 10.0 Å². The molecule has 1 N–H and O–H groups in total. The average Bonchev–Trinajstić information content (AvgIpc) is 2.63. The quantitative estimate of drug-likeness (QED) is 0.861. The Kier molecular flexibility index (Phi) is 4.82. The van der Waals surface area contributed by atoms with Crippen molar-refractivity contribution in [2.24, 2.45) is 11.3 Å². The van der Waals surface area contributed by atoms with Crippen molar-refractivity contribution in [2.45, 2.75) is 40.0 Å². The molecular weight excluding hydrogens is 286 g/mol. The topological polar surface area (TPSA) is 40.5 Å². The Bertz CT molecular complexity index is 522. The molecule has 0 aliphatic carbocycles. The molecule has 1 aromatic carbocycles. The van der Waals surface area contributed by atoms with E-state index in [1.807, 2.05) is 6.07 Å². The molecule has 1 atom stereocenters. The Labute approximate surface area is 131 Å². The highest BCUT2D eigenvalue weighted by atomic mass is 35.5. The zero-order chi connectivity index (χ0) is 15.6. The highest BCUT2D eigenvalue weighted by Crippen LogP contribution is 2.35. The number of anilines is 1. The summed E-state index contributed by atoms with van der Waals surface area (Å²) in [4.78, 5) is 13.3. The summed E-state index contributed by atoms with van der Waals surface area (Å²) in [5, 5.41) is 9.35. The second-order valence-electron chi connectivity index (χ2n) is 6.95. The second kappa shape index (κ2) is 6.27. The van der Waals surface area contributed by atoms with Gasteiger partial charge in [-0.1, -0.05) is 32.4 Å². The number of halogens is 1. The van der Waals surface area contributed by atoms with Gasteiger partial charge in [-0.05, 0) is 48.8 Å². The Morgan fingerprint density at radius 1 is 1.29 bits per heavy atom. The van der Waals surface area contributed by atoms with Crippen LogP contribution >= 0.6 is 11.6 Å². The first kappa shape index (κ1) is 16.2. The normalized spacial score (nSPS) is 20.2. The number of carboxylic acid groups (broad SMARTS) is 1. The first-order chi connectivity index (χ1) is 9.79. The summed E-state index contributed by atoms with van der Waals surface area (Å²) in [5.74, 6) is -0.244. The highest BCUT2D eigenvalue weighted by molar-refractivity contribution is 6.33. The van der Waals surface area contributed by atoms with Crippen LogP contribution in [0.15, 0.2) is 18.2 Å². The summed E-state index contributed by atoms with van der Waals surface area (Å²) in [5.41, 5.74) is 1.54. The molecule has 1 aliphatic heterocycles. The monoisotopic (exact) mass is 309 g/mol. The van der Waals surface area contributed by atoms with Crippen molar-refractivity contribution in [3.63, 3.8) is 0 Å². The van der Waals surface area contributed by atoms with E-state index in [0.29, 0.717) is 10.4 Å². The fourth-order valence-corrected chi connectivity index (χ4v) is 3.35. The van der Waals surface area contributed by atoms with Gasteiger partial charge >= 0.3 is 5.97 Å². The van der Waals surface area contributed by atoms with Gasteiger partial charge in [-0.3, -0.25) is 0 Å². The number of carboxylic acids is 1. The largest absolute Gasteiger partial charge is 0.478 e. The SMILES string of the molecule is CC(C)(C)C1CCCN(c2ccc(C(=O)O)c(Cl)c2)CC1. The highest BCUT2D eigenvalue weighted by Gasteiger charge is 2.27. The molecule has 0 saturated carbocycles. The summed E-state index contributed by atoms with van der Waals surface area (Å²) in [6.45, 7) is 8.95. The molecule has 1 aromatic rings. The molecule has 1 fully saturated rings. The molecule has 21 heavy (non-hydrogen) atoms. The van der Waals surface area contributed by atoms with Gasteiger partial charge in [0.2, 0.25) is 0 Å². The molecule has 0 bridgehead atoms. The van der Waals surface area contributed by atoms with E-state index in [9.17, 15) is 4.79 Å². The predicted octanol–water partition coefficient (Wildman–Crippen LogP) is 4.69. The van der Waals surface area contributed by atoms with Gasteiger partial charge in [-0.25, -0.2) is 4.79 Å². The van der Waals surface area contributed by atoms with Gasteiger partial charge in [0, 0.05) is 18.8 Å². The minimum atomic E-state index is -0.977. The molecule has 0 radical (unpaired) electrons. The summed E-state index contributed by atoms with van der Waals surface area (Å²) in [7, 11) is 0. The smallest absolute Gasteiger partial charge is 0.337 e. The zero-order valence-electron chi connectivity index (χ0n) is 13.0. The fraction of sp³-hybridized carbons (Fsp3) is 0.588. The Hall–Kier alpha value is -1.22. The molecule has 4 heteroatoms. The minimum absolute atomic E-state index is 0.169. The van der Waals surface area contributed by atoms with Crippen LogP contribution in [-0.4, -0.2) is 24.2 Å². The molecule has 116 valence electrons. The van der Waals surface area contributed by atoms with E-state index < -0.39 is 5.97 Å². The molecule has 0 amide bonds. The van der Waals surface area contributed by atoms with Gasteiger partial charge in [-0.15, -0.1) is 0 Å². The van der Waals surface area contributed by atoms with E-state index >= 15 is 0 Å². The van der Waals surface area contributed by atoms with E-state index in [1.165, 1.54) is 19.3 Å². The van der Waals surface area contributed by atoms with Crippen LogP contribution < -0.4 is 4.90 Å². The maximum Gasteiger partial charge on any atom is 0.337 e. The van der Waals surface area contributed by atoms with Crippen molar-refractivity contribution in [1.82, 2.24) is 0 Å². The number of hydrogen-bond donors (Lipinski definition) is 1. The van der Waals surface area contributed by atoms with Gasteiger partial charge in [0.1, 0.15) is 0 Å². The number of aromatic carboxylic acids is 1. The Balaban J connectivity index is 2.13. The number of carbonyl (C=O) groups is 1. The van der Waals surface area contributed by atoms with Gasteiger partial charge in [0.05, 0.1) is 10.6 Å². The van der Waals surface area contributed by atoms with E-state index in [1.54, 1.807) is 12.1 Å². The molecule has 3 nitrogen and oxygen atoms in total. The van der Waals surface area contributed by atoms with Crippen LogP contribution in [0.4, 0.5) is 5.69 Å². The maximum atomic E-state index is 11.0. The first-order valence-electron chi connectivity index (χ1n) is 7.57. The van der Waals surface area contributed by atoms with Gasteiger partial charge in [-0.2, -0.15) is 0 Å². The number of hydrogen-bond acceptors (Lipinski definition) is 2. The van der Waals surface area contributed by atoms with Crippen molar-refractivity contribution in [2.75, 3.05) is 18.0 Å². The number of rotatable bonds is 2. The van der Waals surface area contributed by atoms with Crippen LogP contribution in [0.3, 0.4) is 0 Å². The lowest BCUT2D eigenvalue weighted by Gasteiger charge is -2.30. The molecule has 0 spiro atoms. The lowest BCUT2D eigenvalue weighted by atomic mass is 9.77. The number of benzene rings is 1. The summed E-state index contributed by atoms with van der Waals surface area (Å²) < 4.78 is 0. The minimum Gasteiger partial charge on any atom is -0.478 e. The molecule has 1 unspecified atom stereocenters. The predicted molar refractivity (Wildman–Crippen MR) is 87.4 cm³/mol. The van der Waals surface area contributed by atoms with Crippen molar-refractivity contribution in [1.29, 1.82) is 0 Å². The lowest BCUT2D eigenvalue weighted by Crippen LogP contribution is -2.26. The molecule has 1 heterocycles. The fourth-order valence-electron chi connectivity index (χ4n) is 3.09. The van der Waals surface area contributed by atoms with E-state index in [-0.39, 0.29) is 5.56 Å². The zero-order valence-corrected chi connectivity index (χ0v) is 13.8. The summed E-state index contributed by atoms with van der Waals surface area (Å²) in [6.07, 6.45) is 3.59. The molecule has 1 aliphatic rings. The Morgan fingerprint density at radius 2 is 2.00 bits per heavy atom. The van der Waals surface area contributed by atoms with E-state index in [2.05, 4.69) is 25.7 Å². The molecule has 1 saturated heterocycles. The first-order valence-corrected chi connectivity index (χ1v) is 7.94. The van der Waals surface area contributed by atoms with Crippen LogP contribution in [0.2, 0.25) is 5.02 Å². The summed E-state index contributed by atoms with van der Waals surface area (Å²) in [6, 6.07) is 5.25. The second-order valence-corrected chi connectivity index (χ2v) is 7.36. The van der Waals surface area contributed by atoms with Crippen molar-refractivity contribution in [3.8, 4) is 0 Å². The molecule has 2 rings (SSSR count). The van der Waals surface area contributed by atoms with E-state index in [0.717, 1.165) is 24.7 Å². The van der Waals surface area contributed by atoms with E-state index in [4.69, 9.17) is 16.7 Å². The Morgan fingerprint density at radius 3 is 2.57 bits per heavy atom. The standard InChI is InChI=1S/C17H24ClNO2/c1-17(2,3)12-5-4-9-19(10-8-12)13-6-7-14(16(20)21)15(18)11-13/h6-7,11-12H,4-5,8-10H2,1-3H3,(H,20,21). The van der Waals surface area contributed by atoms with Crippen LogP contribution in [0.25, 0.3) is 0 Å². The molecular formula is C17H24ClNO2. The van der Waals surface area contributed by atoms with Gasteiger partial charge in [0.25, 0.3) is 0 Å². The third kappa shape index (κ3) is 3.91.